The molecule has 12 heteroatoms. The Labute approximate surface area is 191 Å². The number of amides is 1. The van der Waals surface area contributed by atoms with E-state index < -0.39 is 29.6 Å². The molecule has 0 radical (unpaired) electrons. The number of nitrogens with two attached hydrogens (primary N) is 1. The largest absolute Gasteiger partial charge is 0.481 e. The van der Waals surface area contributed by atoms with Crippen LogP contribution in [-0.4, -0.2) is 57.9 Å². The van der Waals surface area contributed by atoms with Crippen molar-refractivity contribution in [2.45, 2.75) is 25.7 Å². The van der Waals surface area contributed by atoms with Gasteiger partial charge in [0, 0.05) is 30.0 Å². The second kappa shape index (κ2) is 11.7. The normalized spacial score (nSPS) is 10.5. The van der Waals surface area contributed by atoms with E-state index in [1.807, 2.05) is 0 Å². The lowest BCUT2D eigenvalue weighted by Gasteiger charge is -2.21. The molecule has 1 aromatic heterocycles. The number of carboxylic acid groups (broad SMARTS) is 2. The Morgan fingerprint density at radius 2 is 1.67 bits per heavy atom. The number of rotatable bonds is 12. The van der Waals surface area contributed by atoms with Crippen LogP contribution in [0.15, 0.2) is 30.3 Å². The second-order valence-corrected chi connectivity index (χ2v) is 8.05. The van der Waals surface area contributed by atoms with Crippen molar-refractivity contribution in [2.24, 2.45) is 5.73 Å². The molecule has 2 aromatic rings. The quantitative estimate of drug-likeness (QED) is 0.155. The molecule has 5 N–H and O–H groups in total. The number of ether oxygens (including phenoxy) is 1. The van der Waals surface area contributed by atoms with Crippen LogP contribution in [0.2, 0.25) is 0 Å². The smallest absolute Gasteiger partial charge is 0.353 e. The third-order valence-corrected chi connectivity index (χ3v) is 5.56. The summed E-state index contributed by atoms with van der Waals surface area (Å²) in [5.74, 6) is -4.88. The van der Waals surface area contributed by atoms with Crippen LogP contribution in [0.3, 0.4) is 0 Å². The van der Waals surface area contributed by atoms with Crippen LogP contribution in [0.4, 0.5) is 4.39 Å². The highest BCUT2D eigenvalue weighted by Crippen LogP contribution is 2.23. The molecule has 0 bridgehead atoms. The maximum atomic E-state index is 14.1. The van der Waals surface area contributed by atoms with Gasteiger partial charge in [-0.15, -0.1) is 11.3 Å². The summed E-state index contributed by atoms with van der Waals surface area (Å²) in [4.78, 5) is 48.3. The number of halogens is 1. The summed E-state index contributed by atoms with van der Waals surface area (Å²) < 4.78 is 19.1. The van der Waals surface area contributed by atoms with Crippen LogP contribution in [0.5, 0.6) is 5.75 Å². The number of aryl methyl sites for hydroxylation is 1. The van der Waals surface area contributed by atoms with Crippen LogP contribution >= 0.6 is 11.3 Å². The van der Waals surface area contributed by atoms with E-state index in [1.54, 1.807) is 6.07 Å². The van der Waals surface area contributed by atoms with Gasteiger partial charge in [0.05, 0.1) is 12.8 Å². The first-order chi connectivity index (χ1) is 15.6. The number of thiophene rings is 1. The lowest BCUT2D eigenvalue weighted by molar-refractivity contribution is -0.139. The minimum absolute atomic E-state index is 0.00459. The first-order valence-electron chi connectivity index (χ1n) is 9.73. The predicted octanol–water partition coefficient (Wildman–Crippen LogP) is 2.10. The summed E-state index contributed by atoms with van der Waals surface area (Å²) in [7, 11) is 0. The number of nitrogen functional groups attached to an aromatic ring is 1. The van der Waals surface area contributed by atoms with Crippen LogP contribution in [0.25, 0.3) is 0 Å². The maximum Gasteiger partial charge on any atom is 0.353 e. The molecule has 0 atom stereocenters. The van der Waals surface area contributed by atoms with Gasteiger partial charge in [-0.3, -0.25) is 19.8 Å². The van der Waals surface area contributed by atoms with E-state index in [1.165, 1.54) is 23.1 Å². The van der Waals surface area contributed by atoms with Crippen molar-refractivity contribution < 1.29 is 38.5 Å². The molecule has 0 aliphatic heterocycles. The second-order valence-electron chi connectivity index (χ2n) is 6.88. The van der Waals surface area contributed by atoms with Gasteiger partial charge in [0.15, 0.2) is 11.6 Å². The molecule has 2 rings (SSSR count). The summed E-state index contributed by atoms with van der Waals surface area (Å²) >= 11 is 1.05. The summed E-state index contributed by atoms with van der Waals surface area (Å²) in [5.41, 5.74) is 5.44. The lowest BCUT2D eigenvalue weighted by Crippen LogP contribution is -2.35. The first-order valence-corrected chi connectivity index (χ1v) is 10.5. The molecule has 0 aliphatic carbocycles. The number of carboxylic acids is 2. The highest BCUT2D eigenvalue weighted by atomic mass is 32.1. The van der Waals surface area contributed by atoms with Crippen molar-refractivity contribution in [3.63, 3.8) is 0 Å². The van der Waals surface area contributed by atoms with Gasteiger partial charge in [-0.05, 0) is 36.8 Å². The van der Waals surface area contributed by atoms with Crippen molar-refractivity contribution in [3.05, 3.63) is 51.5 Å². The van der Waals surface area contributed by atoms with Crippen molar-refractivity contribution in [1.29, 1.82) is 5.41 Å². The van der Waals surface area contributed by atoms with E-state index in [9.17, 15) is 23.6 Å². The van der Waals surface area contributed by atoms with E-state index in [0.717, 1.165) is 17.4 Å². The van der Waals surface area contributed by atoms with E-state index in [4.69, 9.17) is 26.1 Å². The van der Waals surface area contributed by atoms with Gasteiger partial charge in [0.1, 0.15) is 10.7 Å². The number of nitrogens with zero attached hydrogens (tertiary/aromatic N) is 1. The lowest BCUT2D eigenvalue weighted by atomic mass is 10.2. The highest BCUT2D eigenvalue weighted by molar-refractivity contribution is 7.13. The Balaban J connectivity index is 1.96. The Morgan fingerprint density at radius 3 is 2.21 bits per heavy atom. The topological polar surface area (TPSA) is 171 Å². The van der Waals surface area contributed by atoms with E-state index in [0.29, 0.717) is 4.88 Å². The molecule has 1 amide bonds. The van der Waals surface area contributed by atoms with Gasteiger partial charge < -0.3 is 25.6 Å². The molecular formula is C21H22FN3O7S. The third-order valence-electron chi connectivity index (χ3n) is 4.44. The summed E-state index contributed by atoms with van der Waals surface area (Å²) in [5, 5.41) is 24.9. The zero-order valence-corrected chi connectivity index (χ0v) is 18.2. The molecule has 0 fully saturated rings. The van der Waals surface area contributed by atoms with Crippen LogP contribution in [-0.2, 0) is 20.8 Å². The fraction of sp³-hybridized carbons (Fsp3) is 0.286. The van der Waals surface area contributed by atoms with Gasteiger partial charge in [-0.1, -0.05) is 0 Å². The number of nitrogens with one attached hydrogen (secondary N) is 1. The summed E-state index contributed by atoms with van der Waals surface area (Å²) in [6.07, 6.45) is -0.362. The zero-order valence-electron chi connectivity index (χ0n) is 17.4. The third kappa shape index (κ3) is 8.00. The number of esters is 1. The number of hydrogen-bond acceptors (Lipinski definition) is 7. The molecule has 33 heavy (non-hydrogen) atoms. The number of benzene rings is 1. The minimum atomic E-state index is -1.10. The summed E-state index contributed by atoms with van der Waals surface area (Å²) in [6, 6.07) is 6.61. The van der Waals surface area contributed by atoms with Crippen LogP contribution < -0.4 is 10.5 Å². The molecule has 0 saturated carbocycles. The number of carbonyl (C=O) groups excluding carboxylic acids is 2. The van der Waals surface area contributed by atoms with Crippen molar-refractivity contribution in [2.75, 3.05) is 13.1 Å². The van der Waals surface area contributed by atoms with Gasteiger partial charge in [0.2, 0.25) is 5.91 Å². The Hall–Kier alpha value is -3.80. The first kappa shape index (κ1) is 25.5. The molecule has 0 aliphatic rings. The Morgan fingerprint density at radius 1 is 1.03 bits per heavy atom. The van der Waals surface area contributed by atoms with Crippen LogP contribution in [0.1, 0.15) is 39.4 Å². The minimum Gasteiger partial charge on any atom is -0.481 e. The van der Waals surface area contributed by atoms with E-state index in [2.05, 4.69) is 0 Å². The fourth-order valence-electron chi connectivity index (χ4n) is 2.73. The number of amidine groups is 1. The number of aliphatic carboxylic acids is 2. The van der Waals surface area contributed by atoms with Crippen molar-refractivity contribution in [3.8, 4) is 5.75 Å². The molecule has 10 nitrogen and oxygen atoms in total. The number of hydrogen-bond donors (Lipinski definition) is 4. The predicted molar refractivity (Wildman–Crippen MR) is 116 cm³/mol. The average Bonchev–Trinajstić information content (AvgIpc) is 3.22. The maximum absolute atomic E-state index is 14.1. The molecule has 1 aromatic carbocycles. The van der Waals surface area contributed by atoms with Gasteiger partial charge >= 0.3 is 17.9 Å². The SMILES string of the molecule is N=C(N)c1ccc(OC(=O)c2ccc(CCC(=O)N(CCC(=O)O)CCC(=O)O)s2)c(F)c1. The molecule has 1 heterocycles. The Kier molecular flexibility index (Phi) is 9.04. The summed E-state index contributed by atoms with van der Waals surface area (Å²) in [6.45, 7) is -0.200. The molecule has 0 saturated heterocycles. The Bertz CT molecular complexity index is 1050. The molecule has 176 valence electrons. The van der Waals surface area contributed by atoms with Gasteiger partial charge in [0.25, 0.3) is 0 Å². The molecule has 0 spiro atoms. The highest BCUT2D eigenvalue weighted by Gasteiger charge is 2.18. The number of carbonyl (C=O) groups is 4. The van der Waals surface area contributed by atoms with Gasteiger partial charge in [-0.25, -0.2) is 9.18 Å². The monoisotopic (exact) mass is 479 g/mol. The van der Waals surface area contributed by atoms with E-state index >= 15 is 0 Å². The van der Waals surface area contributed by atoms with Crippen LogP contribution in [0, 0.1) is 11.2 Å². The standard InChI is InChI=1S/C21H22FN3O7S/c22-14-11-12(20(23)24)1-4-15(14)32-21(31)16-5-2-13(33-16)3-6-17(26)25(9-7-18(27)28)10-8-19(29)30/h1-2,4-5,11H,3,6-10H2,(H3,23,24)(H,27,28)(H,29,30). The molecular weight excluding hydrogens is 457 g/mol. The fourth-order valence-corrected chi connectivity index (χ4v) is 3.62. The van der Waals surface area contributed by atoms with Gasteiger partial charge in [-0.2, -0.15) is 0 Å². The average molecular weight is 479 g/mol. The van der Waals surface area contributed by atoms with E-state index in [-0.39, 0.29) is 60.8 Å². The van der Waals surface area contributed by atoms with Crippen molar-refractivity contribution in [1.82, 2.24) is 4.90 Å². The van der Waals surface area contributed by atoms with Crippen molar-refractivity contribution >= 4 is 41.0 Å². The molecule has 0 unspecified atom stereocenters. The zero-order chi connectivity index (χ0) is 24.5.